The zero-order valence-electron chi connectivity index (χ0n) is 8.61. The van der Waals surface area contributed by atoms with E-state index in [1.54, 1.807) is 4.90 Å². The maximum atomic E-state index is 11.8. The molecule has 0 radical (unpaired) electrons. The molecule has 2 heterocycles. The van der Waals surface area contributed by atoms with Gasteiger partial charge in [-0.25, -0.2) is 0 Å². The van der Waals surface area contributed by atoms with E-state index in [0.29, 0.717) is 13.0 Å². The van der Waals surface area contributed by atoms with Crippen LogP contribution in [0.15, 0.2) is 0 Å². The molecule has 0 unspecified atom stereocenters. The number of likely N-dealkylation sites (tertiary alicyclic amines) is 1. The largest absolute Gasteiger partial charge is 0.481 e. The smallest absolute Gasteiger partial charge is 0.308 e. The first-order valence-electron chi connectivity index (χ1n) is 5.41. The number of rotatable bonds is 2. The van der Waals surface area contributed by atoms with Gasteiger partial charge in [-0.15, -0.1) is 0 Å². The summed E-state index contributed by atoms with van der Waals surface area (Å²) in [5, 5.41) is 11.9. The molecular weight excluding hydrogens is 196 g/mol. The van der Waals surface area contributed by atoms with E-state index in [-0.39, 0.29) is 17.7 Å². The van der Waals surface area contributed by atoms with E-state index in [1.165, 1.54) is 0 Å². The second kappa shape index (κ2) is 4.18. The molecule has 0 saturated carbocycles. The Morgan fingerprint density at radius 2 is 2.00 bits per heavy atom. The Kier molecular flexibility index (Phi) is 2.90. The summed E-state index contributed by atoms with van der Waals surface area (Å²) >= 11 is 0. The molecule has 2 aliphatic heterocycles. The molecule has 0 aliphatic carbocycles. The van der Waals surface area contributed by atoms with Gasteiger partial charge in [-0.1, -0.05) is 0 Å². The van der Waals surface area contributed by atoms with E-state index < -0.39 is 5.97 Å². The molecule has 5 nitrogen and oxygen atoms in total. The summed E-state index contributed by atoms with van der Waals surface area (Å²) in [5.74, 6) is -0.938. The summed E-state index contributed by atoms with van der Waals surface area (Å²) in [7, 11) is 0. The third-order valence-electron chi connectivity index (χ3n) is 3.21. The van der Waals surface area contributed by atoms with Crippen molar-refractivity contribution in [3.63, 3.8) is 0 Å². The number of carbonyl (C=O) groups excluding carboxylic acids is 1. The Hall–Kier alpha value is -1.10. The number of hydrogen-bond acceptors (Lipinski definition) is 3. The highest BCUT2D eigenvalue weighted by atomic mass is 16.4. The van der Waals surface area contributed by atoms with E-state index >= 15 is 0 Å². The van der Waals surface area contributed by atoms with Crippen LogP contribution in [0.25, 0.3) is 0 Å². The molecule has 2 rings (SSSR count). The third kappa shape index (κ3) is 2.12. The Balaban J connectivity index is 1.91. The monoisotopic (exact) mass is 212 g/mol. The maximum Gasteiger partial charge on any atom is 0.308 e. The minimum atomic E-state index is -0.778. The molecule has 2 fully saturated rings. The van der Waals surface area contributed by atoms with Crippen LogP contribution in [0.2, 0.25) is 0 Å². The highest BCUT2D eigenvalue weighted by molar-refractivity contribution is 5.81. The van der Waals surface area contributed by atoms with Crippen molar-refractivity contribution in [1.82, 2.24) is 10.2 Å². The lowest BCUT2D eigenvalue weighted by atomic mass is 9.95. The highest BCUT2D eigenvalue weighted by Gasteiger charge is 2.33. The molecule has 2 aliphatic rings. The SMILES string of the molecule is O=C(O)[C@H]1CCCN(C(=O)C2CNC2)C1. The number of hydrogen-bond donors (Lipinski definition) is 2. The molecule has 84 valence electrons. The predicted molar refractivity (Wildman–Crippen MR) is 53.3 cm³/mol. The van der Waals surface area contributed by atoms with Crippen LogP contribution in [0.1, 0.15) is 12.8 Å². The van der Waals surface area contributed by atoms with Crippen molar-refractivity contribution in [1.29, 1.82) is 0 Å². The zero-order chi connectivity index (χ0) is 10.8. The van der Waals surface area contributed by atoms with Gasteiger partial charge in [-0.2, -0.15) is 0 Å². The standard InChI is InChI=1S/C10H16N2O3/c13-9(8-4-11-5-8)12-3-1-2-7(6-12)10(14)15/h7-8,11H,1-6H2,(H,14,15)/t7-/m0/s1. The second-order valence-corrected chi connectivity index (χ2v) is 4.32. The van der Waals surface area contributed by atoms with Gasteiger partial charge in [0.2, 0.25) is 5.91 Å². The van der Waals surface area contributed by atoms with Gasteiger partial charge in [0.05, 0.1) is 11.8 Å². The quantitative estimate of drug-likeness (QED) is 0.649. The van der Waals surface area contributed by atoms with Crippen LogP contribution >= 0.6 is 0 Å². The molecule has 0 aromatic carbocycles. The lowest BCUT2D eigenvalue weighted by Gasteiger charge is -2.36. The summed E-state index contributed by atoms with van der Waals surface area (Å²) in [6.07, 6.45) is 1.50. The van der Waals surface area contributed by atoms with Crippen LogP contribution < -0.4 is 5.32 Å². The van der Waals surface area contributed by atoms with Crippen LogP contribution in [0.5, 0.6) is 0 Å². The molecule has 1 atom stereocenters. The average molecular weight is 212 g/mol. The molecule has 0 spiro atoms. The normalized spacial score (nSPS) is 27.2. The number of carbonyl (C=O) groups is 2. The van der Waals surface area contributed by atoms with Crippen LogP contribution in [0, 0.1) is 11.8 Å². The van der Waals surface area contributed by atoms with Gasteiger partial charge in [-0.3, -0.25) is 9.59 Å². The van der Waals surface area contributed by atoms with E-state index in [4.69, 9.17) is 5.11 Å². The predicted octanol–water partition coefficient (Wildman–Crippen LogP) is -0.471. The topological polar surface area (TPSA) is 69.6 Å². The molecule has 0 aromatic rings. The number of amides is 1. The third-order valence-corrected chi connectivity index (χ3v) is 3.21. The fraction of sp³-hybridized carbons (Fsp3) is 0.800. The minimum absolute atomic E-state index is 0.0811. The Morgan fingerprint density at radius 1 is 1.27 bits per heavy atom. The average Bonchev–Trinajstić information content (AvgIpc) is 2.15. The van der Waals surface area contributed by atoms with Gasteiger partial charge in [0, 0.05) is 26.2 Å². The maximum absolute atomic E-state index is 11.8. The summed E-state index contributed by atoms with van der Waals surface area (Å²) in [5.41, 5.74) is 0. The number of aliphatic carboxylic acids is 1. The first kappa shape index (κ1) is 10.4. The van der Waals surface area contributed by atoms with Crippen LogP contribution in [-0.4, -0.2) is 48.1 Å². The van der Waals surface area contributed by atoms with Gasteiger partial charge in [0.15, 0.2) is 0 Å². The molecule has 0 aromatic heterocycles. The summed E-state index contributed by atoms with van der Waals surface area (Å²) < 4.78 is 0. The first-order chi connectivity index (χ1) is 7.18. The van der Waals surface area contributed by atoms with E-state index in [2.05, 4.69) is 5.32 Å². The highest BCUT2D eigenvalue weighted by Crippen LogP contribution is 2.19. The zero-order valence-corrected chi connectivity index (χ0v) is 8.61. The van der Waals surface area contributed by atoms with Gasteiger partial charge in [0.1, 0.15) is 0 Å². The van der Waals surface area contributed by atoms with Gasteiger partial charge >= 0.3 is 5.97 Å². The summed E-state index contributed by atoms with van der Waals surface area (Å²) in [4.78, 5) is 24.4. The minimum Gasteiger partial charge on any atom is -0.481 e. The molecule has 5 heteroatoms. The molecule has 2 saturated heterocycles. The van der Waals surface area contributed by atoms with Crippen molar-refractivity contribution in [2.75, 3.05) is 26.2 Å². The van der Waals surface area contributed by atoms with Crippen LogP contribution in [0.3, 0.4) is 0 Å². The van der Waals surface area contributed by atoms with Crippen molar-refractivity contribution in [2.45, 2.75) is 12.8 Å². The van der Waals surface area contributed by atoms with Crippen LogP contribution in [-0.2, 0) is 9.59 Å². The van der Waals surface area contributed by atoms with Gasteiger partial charge < -0.3 is 15.3 Å². The first-order valence-corrected chi connectivity index (χ1v) is 5.41. The van der Waals surface area contributed by atoms with Gasteiger partial charge in [0.25, 0.3) is 0 Å². The number of carboxylic acids is 1. The molecule has 0 bridgehead atoms. The lowest BCUT2D eigenvalue weighted by Crippen LogP contribution is -2.54. The lowest BCUT2D eigenvalue weighted by molar-refractivity contribution is -0.147. The molecular formula is C10H16N2O3. The van der Waals surface area contributed by atoms with Crippen molar-refractivity contribution >= 4 is 11.9 Å². The molecule has 2 N–H and O–H groups in total. The van der Waals surface area contributed by atoms with Crippen molar-refractivity contribution < 1.29 is 14.7 Å². The van der Waals surface area contributed by atoms with Crippen molar-refractivity contribution in [3.8, 4) is 0 Å². The van der Waals surface area contributed by atoms with Crippen molar-refractivity contribution in [3.05, 3.63) is 0 Å². The summed E-state index contributed by atoms with van der Waals surface area (Å²) in [6, 6.07) is 0. The fourth-order valence-corrected chi connectivity index (χ4v) is 2.10. The van der Waals surface area contributed by atoms with Crippen molar-refractivity contribution in [2.24, 2.45) is 11.8 Å². The Labute approximate surface area is 88.4 Å². The number of piperidine rings is 1. The number of nitrogens with one attached hydrogen (secondary N) is 1. The van der Waals surface area contributed by atoms with Crippen LogP contribution in [0.4, 0.5) is 0 Å². The Morgan fingerprint density at radius 3 is 2.53 bits per heavy atom. The van der Waals surface area contributed by atoms with Gasteiger partial charge in [-0.05, 0) is 12.8 Å². The summed E-state index contributed by atoms with van der Waals surface area (Å²) in [6.45, 7) is 2.60. The second-order valence-electron chi connectivity index (χ2n) is 4.32. The molecule has 15 heavy (non-hydrogen) atoms. The van der Waals surface area contributed by atoms with E-state index in [1.807, 2.05) is 0 Å². The fourth-order valence-electron chi connectivity index (χ4n) is 2.10. The van der Waals surface area contributed by atoms with E-state index in [0.717, 1.165) is 26.1 Å². The Bertz CT molecular complexity index is 276. The molecule has 1 amide bonds. The van der Waals surface area contributed by atoms with E-state index in [9.17, 15) is 9.59 Å². The number of carboxylic acid groups (broad SMARTS) is 1. The number of nitrogens with zero attached hydrogens (tertiary/aromatic N) is 1.